The zero-order valence-corrected chi connectivity index (χ0v) is 16.8. The maximum Gasteiger partial charge on any atom is 0.338 e. The van der Waals surface area contributed by atoms with Gasteiger partial charge in [0.05, 0.1) is 13.7 Å². The van der Waals surface area contributed by atoms with E-state index in [1.165, 1.54) is 0 Å². The molecule has 0 radical (unpaired) electrons. The molecule has 0 spiro atoms. The van der Waals surface area contributed by atoms with Crippen LogP contribution in [0.4, 0.5) is 0 Å². The van der Waals surface area contributed by atoms with Crippen LogP contribution < -0.4 is 9.47 Å². The molecule has 1 aliphatic heterocycles. The van der Waals surface area contributed by atoms with E-state index in [0.29, 0.717) is 12.2 Å². The van der Waals surface area contributed by atoms with E-state index in [1.807, 2.05) is 36.4 Å². The van der Waals surface area contributed by atoms with Gasteiger partial charge in [-0.1, -0.05) is 30.3 Å². The van der Waals surface area contributed by atoms with Crippen molar-refractivity contribution in [3.05, 3.63) is 59.7 Å². The van der Waals surface area contributed by atoms with Crippen molar-refractivity contribution in [2.75, 3.05) is 13.7 Å². The van der Waals surface area contributed by atoms with E-state index in [0.717, 1.165) is 16.9 Å². The fourth-order valence-electron chi connectivity index (χ4n) is 3.22. The average molecular weight is 418 g/mol. The molecule has 0 saturated carbocycles. The SMILES string of the molecule is CCOC(=O)[C@H]1O[C@@H](Oc2ccccc2Cc2ccc(OC)cc2)[C@H](O)[C@@H](O)[C@@H]1O. The number of methoxy groups -OCH3 is 1. The van der Waals surface area contributed by atoms with Crippen molar-refractivity contribution in [1.29, 1.82) is 0 Å². The zero-order chi connectivity index (χ0) is 21.7. The number of aliphatic hydroxyl groups is 3. The number of carbonyl (C=O) groups is 1. The third-order valence-corrected chi connectivity index (χ3v) is 4.86. The number of carbonyl (C=O) groups excluding carboxylic acids is 1. The standard InChI is InChI=1S/C22H26O8/c1-3-28-21(26)20-18(24)17(23)19(25)22(30-20)29-16-7-5-4-6-14(16)12-13-8-10-15(27-2)11-9-13/h4-11,17-20,22-25H,3,12H2,1-2H3/t17-,18-,19+,20-,22+/m0/s1. The van der Waals surface area contributed by atoms with Crippen molar-refractivity contribution in [3.63, 3.8) is 0 Å². The van der Waals surface area contributed by atoms with Crippen molar-refractivity contribution in [3.8, 4) is 11.5 Å². The molecule has 8 heteroatoms. The minimum atomic E-state index is -1.63. The van der Waals surface area contributed by atoms with Gasteiger partial charge in [0.1, 0.15) is 29.8 Å². The summed E-state index contributed by atoms with van der Waals surface area (Å²) < 4.78 is 21.3. The van der Waals surface area contributed by atoms with Gasteiger partial charge in [-0.15, -0.1) is 0 Å². The second-order valence-electron chi connectivity index (χ2n) is 6.90. The summed E-state index contributed by atoms with van der Waals surface area (Å²) in [6.45, 7) is 1.70. The second kappa shape index (κ2) is 9.90. The molecule has 8 nitrogen and oxygen atoms in total. The van der Waals surface area contributed by atoms with Crippen molar-refractivity contribution in [2.45, 2.75) is 44.1 Å². The van der Waals surface area contributed by atoms with E-state index in [2.05, 4.69) is 0 Å². The summed E-state index contributed by atoms with van der Waals surface area (Å²) in [6, 6.07) is 14.7. The third-order valence-electron chi connectivity index (χ3n) is 4.86. The first kappa shape index (κ1) is 22.0. The van der Waals surface area contributed by atoms with Crippen molar-refractivity contribution >= 4 is 5.97 Å². The second-order valence-corrected chi connectivity index (χ2v) is 6.90. The molecule has 0 unspecified atom stereocenters. The number of esters is 1. The molecule has 1 aliphatic rings. The molecule has 162 valence electrons. The Balaban J connectivity index is 1.78. The predicted molar refractivity (Wildman–Crippen MR) is 106 cm³/mol. The van der Waals surface area contributed by atoms with Crippen LogP contribution >= 0.6 is 0 Å². The monoisotopic (exact) mass is 418 g/mol. The lowest BCUT2D eigenvalue weighted by Gasteiger charge is -2.39. The lowest BCUT2D eigenvalue weighted by Crippen LogP contribution is -2.61. The highest BCUT2D eigenvalue weighted by atomic mass is 16.7. The summed E-state index contributed by atoms with van der Waals surface area (Å²) in [4.78, 5) is 12.1. The molecule has 1 fully saturated rings. The van der Waals surface area contributed by atoms with Gasteiger partial charge in [-0.3, -0.25) is 0 Å². The number of aliphatic hydroxyl groups excluding tert-OH is 3. The molecule has 0 amide bonds. The van der Waals surface area contributed by atoms with Crippen LogP contribution in [0.5, 0.6) is 11.5 Å². The molecule has 1 heterocycles. The number of rotatable bonds is 7. The molecule has 2 aromatic rings. The summed E-state index contributed by atoms with van der Waals surface area (Å²) >= 11 is 0. The Bertz CT molecular complexity index is 837. The molecule has 3 rings (SSSR count). The summed E-state index contributed by atoms with van der Waals surface area (Å²) in [6.07, 6.45) is -7.12. The Morgan fingerprint density at radius 1 is 1.00 bits per heavy atom. The van der Waals surface area contributed by atoms with Gasteiger partial charge in [0.25, 0.3) is 0 Å². The van der Waals surface area contributed by atoms with E-state index in [-0.39, 0.29) is 6.61 Å². The van der Waals surface area contributed by atoms with Gasteiger partial charge in [-0.2, -0.15) is 0 Å². The van der Waals surface area contributed by atoms with E-state index in [1.54, 1.807) is 26.2 Å². The number of ether oxygens (including phenoxy) is 4. The first-order chi connectivity index (χ1) is 14.4. The van der Waals surface area contributed by atoms with Crippen LogP contribution in [0, 0.1) is 0 Å². The maximum atomic E-state index is 12.1. The Morgan fingerprint density at radius 2 is 1.70 bits per heavy atom. The minimum absolute atomic E-state index is 0.0836. The molecule has 0 aromatic heterocycles. The lowest BCUT2D eigenvalue weighted by atomic mass is 9.98. The summed E-state index contributed by atoms with van der Waals surface area (Å²) in [5.41, 5.74) is 1.82. The number of benzene rings is 2. The summed E-state index contributed by atoms with van der Waals surface area (Å²) in [5.74, 6) is 0.333. The van der Waals surface area contributed by atoms with Gasteiger partial charge in [0.2, 0.25) is 6.29 Å². The maximum absolute atomic E-state index is 12.1. The number of hydrogen-bond donors (Lipinski definition) is 3. The largest absolute Gasteiger partial charge is 0.497 e. The van der Waals surface area contributed by atoms with Gasteiger partial charge in [-0.05, 0) is 36.2 Å². The van der Waals surface area contributed by atoms with Crippen molar-refractivity contribution in [2.24, 2.45) is 0 Å². The summed E-state index contributed by atoms with van der Waals surface area (Å²) in [5, 5.41) is 30.5. The van der Waals surface area contributed by atoms with Crippen molar-refractivity contribution < 1.29 is 39.1 Å². The van der Waals surface area contributed by atoms with Crippen LogP contribution in [-0.2, 0) is 20.7 Å². The number of para-hydroxylation sites is 1. The molecule has 2 aromatic carbocycles. The first-order valence-electron chi connectivity index (χ1n) is 9.68. The Labute approximate surface area is 174 Å². The van der Waals surface area contributed by atoms with Gasteiger partial charge in [0, 0.05) is 6.42 Å². The van der Waals surface area contributed by atoms with Crippen LogP contribution in [0.3, 0.4) is 0 Å². The Hall–Kier alpha value is -2.65. The molecular formula is C22H26O8. The molecule has 30 heavy (non-hydrogen) atoms. The normalized spacial score (nSPS) is 26.1. The van der Waals surface area contributed by atoms with Gasteiger partial charge in [0.15, 0.2) is 6.10 Å². The highest BCUT2D eigenvalue weighted by Crippen LogP contribution is 2.28. The van der Waals surface area contributed by atoms with Crippen LogP contribution in [-0.4, -0.2) is 65.7 Å². The predicted octanol–water partition coefficient (Wildman–Crippen LogP) is 1.04. The average Bonchev–Trinajstić information content (AvgIpc) is 2.76. The van der Waals surface area contributed by atoms with Crippen LogP contribution in [0.15, 0.2) is 48.5 Å². The van der Waals surface area contributed by atoms with Crippen LogP contribution in [0.25, 0.3) is 0 Å². The van der Waals surface area contributed by atoms with Crippen LogP contribution in [0.1, 0.15) is 18.1 Å². The third kappa shape index (κ3) is 4.91. The van der Waals surface area contributed by atoms with E-state index in [4.69, 9.17) is 18.9 Å². The Kier molecular flexibility index (Phi) is 7.28. The molecular weight excluding hydrogens is 392 g/mol. The minimum Gasteiger partial charge on any atom is -0.497 e. The molecule has 0 aliphatic carbocycles. The fraction of sp³-hybridized carbons (Fsp3) is 0.409. The number of hydrogen-bond acceptors (Lipinski definition) is 8. The highest BCUT2D eigenvalue weighted by molar-refractivity contribution is 5.75. The molecule has 1 saturated heterocycles. The molecule has 3 N–H and O–H groups in total. The van der Waals surface area contributed by atoms with E-state index < -0.39 is 36.7 Å². The van der Waals surface area contributed by atoms with E-state index in [9.17, 15) is 20.1 Å². The molecule has 0 bridgehead atoms. The van der Waals surface area contributed by atoms with Crippen molar-refractivity contribution in [1.82, 2.24) is 0 Å². The van der Waals surface area contributed by atoms with E-state index >= 15 is 0 Å². The van der Waals surface area contributed by atoms with Gasteiger partial charge in [-0.25, -0.2) is 4.79 Å². The zero-order valence-electron chi connectivity index (χ0n) is 16.8. The molecule has 5 atom stereocenters. The fourth-order valence-corrected chi connectivity index (χ4v) is 3.22. The topological polar surface area (TPSA) is 115 Å². The first-order valence-corrected chi connectivity index (χ1v) is 9.68. The smallest absolute Gasteiger partial charge is 0.338 e. The quantitative estimate of drug-likeness (QED) is 0.572. The lowest BCUT2D eigenvalue weighted by molar-refractivity contribution is -0.272. The van der Waals surface area contributed by atoms with Gasteiger partial charge < -0.3 is 34.3 Å². The van der Waals surface area contributed by atoms with Crippen LogP contribution in [0.2, 0.25) is 0 Å². The highest BCUT2D eigenvalue weighted by Gasteiger charge is 2.48. The summed E-state index contributed by atoms with van der Waals surface area (Å²) in [7, 11) is 1.60. The van der Waals surface area contributed by atoms with Gasteiger partial charge >= 0.3 is 5.97 Å². The Morgan fingerprint density at radius 3 is 2.37 bits per heavy atom.